The highest BCUT2D eigenvalue weighted by molar-refractivity contribution is 7.90. The van der Waals surface area contributed by atoms with Crippen LogP contribution in [0.25, 0.3) is 22.4 Å². The van der Waals surface area contributed by atoms with Crippen molar-refractivity contribution in [3.63, 3.8) is 0 Å². The van der Waals surface area contributed by atoms with Gasteiger partial charge in [0.05, 0.1) is 12.0 Å². The highest BCUT2D eigenvalue weighted by atomic mass is 32.2. The number of carbonyl (C=O) groups excluding carboxylic acids is 1. The molecule has 2 aromatic carbocycles. The van der Waals surface area contributed by atoms with Crippen LogP contribution in [-0.2, 0) is 14.6 Å². The second-order valence-electron chi connectivity index (χ2n) is 5.88. The molecule has 1 heterocycles. The van der Waals surface area contributed by atoms with E-state index in [9.17, 15) is 13.2 Å². The van der Waals surface area contributed by atoms with Crippen molar-refractivity contribution in [2.75, 3.05) is 13.4 Å². The fourth-order valence-electron chi connectivity index (χ4n) is 2.49. The summed E-state index contributed by atoms with van der Waals surface area (Å²) in [7, 11) is -2.02. The first-order chi connectivity index (χ1) is 12.3. The zero-order valence-corrected chi connectivity index (χ0v) is 15.4. The molecule has 1 aromatic heterocycles. The van der Waals surface area contributed by atoms with Gasteiger partial charge in [0.1, 0.15) is 11.9 Å². The van der Waals surface area contributed by atoms with Crippen molar-refractivity contribution in [1.82, 2.24) is 9.78 Å². The number of hydrogen-bond donors (Lipinski definition) is 0. The Bertz CT molecular complexity index is 1050. The van der Waals surface area contributed by atoms with Gasteiger partial charge in [-0.15, -0.1) is 0 Å². The maximum atomic E-state index is 11.8. The van der Waals surface area contributed by atoms with Gasteiger partial charge in [-0.2, -0.15) is 9.78 Å². The van der Waals surface area contributed by atoms with Crippen LogP contribution in [-0.4, -0.2) is 37.7 Å². The number of aryl methyl sites for hydroxylation is 1. The molecule has 0 bridgehead atoms. The van der Waals surface area contributed by atoms with Gasteiger partial charge in [0, 0.05) is 17.4 Å². The van der Waals surface area contributed by atoms with E-state index in [2.05, 4.69) is 11.3 Å². The minimum atomic E-state index is -3.29. The molecule has 0 saturated heterocycles. The Balaban J connectivity index is 2.14. The fraction of sp³-hybridized carbons (Fsp3) is 0.158. The molecule has 0 amide bonds. The molecule has 0 spiro atoms. The van der Waals surface area contributed by atoms with Gasteiger partial charge in [0.2, 0.25) is 0 Å². The molecule has 1 radical (unpaired) electrons. The monoisotopic (exact) mass is 369 g/mol. The van der Waals surface area contributed by atoms with Gasteiger partial charge < -0.3 is 4.74 Å². The van der Waals surface area contributed by atoms with Crippen molar-refractivity contribution in [2.45, 2.75) is 11.8 Å². The number of ether oxygens (including phenoxy) is 1. The van der Waals surface area contributed by atoms with Gasteiger partial charge in [0.25, 0.3) is 0 Å². The zero-order valence-electron chi connectivity index (χ0n) is 14.6. The quantitative estimate of drug-likeness (QED) is 0.707. The van der Waals surface area contributed by atoms with Gasteiger partial charge >= 0.3 is 6.09 Å². The van der Waals surface area contributed by atoms with Crippen LogP contribution >= 0.6 is 0 Å². The van der Waals surface area contributed by atoms with Crippen molar-refractivity contribution in [3.8, 4) is 22.4 Å². The minimum Gasteiger partial charge on any atom is -0.451 e. The molecule has 0 aliphatic rings. The molecule has 3 aromatic rings. The summed E-state index contributed by atoms with van der Waals surface area (Å²) in [5.41, 5.74) is 3.76. The smallest absolute Gasteiger partial charge is 0.435 e. The fourth-order valence-corrected chi connectivity index (χ4v) is 3.12. The van der Waals surface area contributed by atoms with Crippen molar-refractivity contribution >= 4 is 15.9 Å². The van der Waals surface area contributed by atoms with Gasteiger partial charge in [-0.1, -0.05) is 42.0 Å². The summed E-state index contributed by atoms with van der Waals surface area (Å²) in [6.45, 7) is 1.98. The van der Waals surface area contributed by atoms with E-state index in [0.717, 1.165) is 22.1 Å². The molecule has 26 heavy (non-hydrogen) atoms. The van der Waals surface area contributed by atoms with Crippen LogP contribution in [0.4, 0.5) is 4.79 Å². The summed E-state index contributed by atoms with van der Waals surface area (Å²) < 4.78 is 29.0. The lowest BCUT2D eigenvalue weighted by molar-refractivity contribution is 0.169. The SMILES string of the molecule is COC(=O)n1[c]c(-c2ccc(C)cc2)c(-c2ccc(S(C)(=O)=O)cc2)n1. The largest absolute Gasteiger partial charge is 0.451 e. The molecule has 0 atom stereocenters. The second-order valence-corrected chi connectivity index (χ2v) is 7.90. The van der Waals surface area contributed by atoms with E-state index >= 15 is 0 Å². The van der Waals surface area contributed by atoms with Gasteiger partial charge in [-0.25, -0.2) is 13.2 Å². The molecule has 0 aliphatic carbocycles. The Labute approximate surface area is 152 Å². The molecule has 0 unspecified atom stereocenters. The Morgan fingerprint density at radius 1 is 1.04 bits per heavy atom. The lowest BCUT2D eigenvalue weighted by atomic mass is 10.0. The summed E-state index contributed by atoms with van der Waals surface area (Å²) >= 11 is 0. The van der Waals surface area contributed by atoms with E-state index in [1.165, 1.54) is 19.2 Å². The highest BCUT2D eigenvalue weighted by Crippen LogP contribution is 2.31. The van der Waals surface area contributed by atoms with Crippen LogP contribution < -0.4 is 0 Å². The molecule has 6 nitrogen and oxygen atoms in total. The second kappa shape index (κ2) is 6.76. The van der Waals surface area contributed by atoms with Gasteiger partial charge in [-0.3, -0.25) is 0 Å². The highest BCUT2D eigenvalue weighted by Gasteiger charge is 2.18. The standard InChI is InChI=1S/C19H17N2O4S/c1-13-4-6-14(7-5-13)17-12-21(19(22)25-2)20-18(17)15-8-10-16(11-9-15)26(3,23)24/h4-11H,1-3H3. The predicted octanol–water partition coefficient (Wildman–Crippen LogP) is 3.34. The van der Waals surface area contributed by atoms with Crippen LogP contribution in [0.2, 0.25) is 0 Å². The Morgan fingerprint density at radius 3 is 2.15 bits per heavy atom. The average molecular weight is 369 g/mol. The van der Waals surface area contributed by atoms with Crippen LogP contribution in [0, 0.1) is 13.1 Å². The number of hydrogen-bond acceptors (Lipinski definition) is 5. The number of methoxy groups -OCH3 is 1. The predicted molar refractivity (Wildman–Crippen MR) is 97.6 cm³/mol. The number of aromatic nitrogens is 2. The van der Waals surface area contributed by atoms with Crippen LogP contribution in [0.1, 0.15) is 5.56 Å². The Kier molecular flexibility index (Phi) is 4.65. The summed E-state index contributed by atoms with van der Waals surface area (Å²) in [6.07, 6.45) is 3.42. The Morgan fingerprint density at radius 2 is 1.62 bits per heavy atom. The third-order valence-electron chi connectivity index (χ3n) is 3.90. The summed E-state index contributed by atoms with van der Waals surface area (Å²) in [4.78, 5) is 12.1. The summed E-state index contributed by atoms with van der Waals surface area (Å²) in [5.74, 6) is 0. The van der Waals surface area contributed by atoms with Crippen LogP contribution in [0.5, 0.6) is 0 Å². The van der Waals surface area contributed by atoms with Crippen molar-refractivity contribution in [3.05, 3.63) is 60.3 Å². The van der Waals surface area contributed by atoms with E-state index in [4.69, 9.17) is 4.74 Å². The first kappa shape index (κ1) is 17.9. The summed E-state index contributed by atoms with van der Waals surface area (Å²) in [5, 5.41) is 4.28. The zero-order chi connectivity index (χ0) is 18.9. The minimum absolute atomic E-state index is 0.217. The topological polar surface area (TPSA) is 78.3 Å². The van der Waals surface area contributed by atoms with Crippen molar-refractivity contribution in [2.24, 2.45) is 0 Å². The lowest BCUT2D eigenvalue weighted by Crippen LogP contribution is -2.11. The maximum absolute atomic E-state index is 11.8. The normalized spacial score (nSPS) is 11.3. The molecule has 7 heteroatoms. The Hall–Kier alpha value is -2.93. The molecule has 3 rings (SSSR count). The first-order valence-corrected chi connectivity index (χ1v) is 9.67. The van der Waals surface area contributed by atoms with E-state index in [1.807, 2.05) is 31.2 Å². The first-order valence-electron chi connectivity index (χ1n) is 7.78. The van der Waals surface area contributed by atoms with E-state index in [1.54, 1.807) is 12.1 Å². The van der Waals surface area contributed by atoms with Crippen LogP contribution in [0.3, 0.4) is 0 Å². The number of sulfone groups is 1. The molecular weight excluding hydrogens is 352 g/mol. The maximum Gasteiger partial charge on any atom is 0.435 e. The molecule has 0 fully saturated rings. The van der Waals surface area contributed by atoms with Gasteiger partial charge in [0.15, 0.2) is 9.84 Å². The molecular formula is C19H17N2O4S. The third kappa shape index (κ3) is 3.52. The summed E-state index contributed by atoms with van der Waals surface area (Å²) in [6, 6.07) is 14.1. The van der Waals surface area contributed by atoms with Crippen molar-refractivity contribution < 1.29 is 17.9 Å². The van der Waals surface area contributed by atoms with Gasteiger partial charge in [-0.05, 0) is 24.6 Å². The van der Waals surface area contributed by atoms with Crippen molar-refractivity contribution in [1.29, 1.82) is 0 Å². The molecule has 133 valence electrons. The third-order valence-corrected chi connectivity index (χ3v) is 5.03. The average Bonchev–Trinajstić information content (AvgIpc) is 3.06. The number of benzene rings is 2. The number of rotatable bonds is 3. The van der Waals surface area contributed by atoms with E-state index in [0.29, 0.717) is 16.8 Å². The molecule has 0 N–H and O–H groups in total. The molecule has 0 saturated carbocycles. The van der Waals surface area contributed by atoms with Crippen LogP contribution in [0.15, 0.2) is 53.4 Å². The lowest BCUT2D eigenvalue weighted by Gasteiger charge is -2.04. The van der Waals surface area contributed by atoms with E-state index in [-0.39, 0.29) is 4.90 Å². The molecule has 0 aliphatic heterocycles. The number of carbonyl (C=O) groups is 1. The van der Waals surface area contributed by atoms with E-state index < -0.39 is 15.9 Å². The number of nitrogens with zero attached hydrogens (tertiary/aromatic N) is 2.